The average molecular weight is 328 g/mol. The maximum absolute atomic E-state index is 12.1. The van der Waals surface area contributed by atoms with E-state index in [-0.39, 0.29) is 5.91 Å². The summed E-state index contributed by atoms with van der Waals surface area (Å²) in [5, 5.41) is 3.00. The van der Waals surface area contributed by atoms with E-state index in [1.807, 2.05) is 23.8 Å². The Bertz CT molecular complexity index is 424. The molecule has 1 saturated heterocycles. The Balaban J connectivity index is 1.74. The Morgan fingerprint density at radius 3 is 2.84 bits per heavy atom. The first-order valence-electron chi connectivity index (χ1n) is 7.07. The van der Waals surface area contributed by atoms with E-state index >= 15 is 0 Å². The van der Waals surface area contributed by atoms with Crippen LogP contribution in [-0.4, -0.2) is 41.6 Å². The lowest BCUT2D eigenvalue weighted by molar-refractivity contribution is 0.0943. The molecule has 0 unspecified atom stereocenters. The van der Waals surface area contributed by atoms with E-state index in [9.17, 15) is 4.79 Å². The van der Waals surface area contributed by atoms with Crippen LogP contribution in [-0.2, 0) is 6.54 Å². The smallest absolute Gasteiger partial charge is 0.267 e. The van der Waals surface area contributed by atoms with Gasteiger partial charge in [-0.15, -0.1) is 0 Å². The van der Waals surface area contributed by atoms with Gasteiger partial charge in [-0.3, -0.25) is 4.79 Å². The van der Waals surface area contributed by atoms with Crippen LogP contribution in [0.25, 0.3) is 0 Å². The molecule has 0 atom stereocenters. The summed E-state index contributed by atoms with van der Waals surface area (Å²) in [6.45, 7) is 7.14. The molecular formula is C14H22BrN3O. The van der Waals surface area contributed by atoms with Gasteiger partial charge in [0.2, 0.25) is 0 Å². The second kappa shape index (κ2) is 7.10. The highest BCUT2D eigenvalue weighted by Crippen LogP contribution is 2.14. The molecule has 19 heavy (non-hydrogen) atoms. The van der Waals surface area contributed by atoms with Gasteiger partial charge in [-0.1, -0.05) is 0 Å². The van der Waals surface area contributed by atoms with Crippen LogP contribution in [0.2, 0.25) is 0 Å². The quantitative estimate of drug-likeness (QED) is 0.815. The molecule has 0 radical (unpaired) electrons. The largest absolute Gasteiger partial charge is 0.351 e. The molecule has 0 aliphatic carbocycles. The topological polar surface area (TPSA) is 37.3 Å². The molecule has 0 spiro atoms. The minimum Gasteiger partial charge on any atom is -0.351 e. The van der Waals surface area contributed by atoms with Gasteiger partial charge in [0.1, 0.15) is 5.69 Å². The summed E-state index contributed by atoms with van der Waals surface area (Å²) in [6, 6.07) is 1.87. The van der Waals surface area contributed by atoms with Crippen LogP contribution in [0.15, 0.2) is 16.7 Å². The molecular weight excluding hydrogens is 306 g/mol. The van der Waals surface area contributed by atoms with Gasteiger partial charge in [0, 0.05) is 23.8 Å². The molecule has 0 bridgehead atoms. The molecule has 1 fully saturated rings. The minimum atomic E-state index is 0.0222. The number of nitrogens with one attached hydrogen (secondary N) is 1. The van der Waals surface area contributed by atoms with Crippen molar-refractivity contribution in [2.45, 2.75) is 32.7 Å². The summed E-state index contributed by atoms with van der Waals surface area (Å²) in [7, 11) is 0. The number of aryl methyl sites for hydroxylation is 1. The first-order chi connectivity index (χ1) is 9.20. The Hall–Kier alpha value is -0.810. The van der Waals surface area contributed by atoms with Crippen molar-refractivity contribution in [3.63, 3.8) is 0 Å². The molecule has 2 heterocycles. The van der Waals surface area contributed by atoms with Crippen LogP contribution in [0, 0.1) is 0 Å². The van der Waals surface area contributed by atoms with Crippen molar-refractivity contribution < 1.29 is 4.79 Å². The summed E-state index contributed by atoms with van der Waals surface area (Å²) in [5.41, 5.74) is 0.732. The monoisotopic (exact) mass is 327 g/mol. The van der Waals surface area contributed by atoms with Gasteiger partial charge in [-0.05, 0) is 67.8 Å². The predicted molar refractivity (Wildman–Crippen MR) is 80.4 cm³/mol. The second-order valence-corrected chi connectivity index (χ2v) is 5.90. The number of hydrogen-bond acceptors (Lipinski definition) is 2. The Labute approximate surface area is 123 Å². The SMILES string of the molecule is CCn1cc(Br)cc1C(=O)NCCCN1CCCC1. The minimum absolute atomic E-state index is 0.0222. The molecule has 1 aromatic rings. The van der Waals surface area contributed by atoms with Gasteiger partial charge in [-0.2, -0.15) is 0 Å². The predicted octanol–water partition coefficient (Wildman–Crippen LogP) is 2.49. The fourth-order valence-electron chi connectivity index (χ4n) is 2.53. The highest BCUT2D eigenvalue weighted by Gasteiger charge is 2.13. The van der Waals surface area contributed by atoms with Gasteiger partial charge in [0.05, 0.1) is 0 Å². The number of nitrogens with zero attached hydrogens (tertiary/aromatic N) is 2. The fourth-order valence-corrected chi connectivity index (χ4v) is 2.99. The molecule has 106 valence electrons. The summed E-state index contributed by atoms with van der Waals surface area (Å²) in [4.78, 5) is 14.5. The molecule has 1 aliphatic rings. The number of rotatable bonds is 6. The molecule has 1 aromatic heterocycles. The lowest BCUT2D eigenvalue weighted by atomic mass is 10.3. The van der Waals surface area contributed by atoms with Crippen molar-refractivity contribution in [3.8, 4) is 0 Å². The number of aromatic nitrogens is 1. The third-order valence-corrected chi connectivity index (χ3v) is 4.01. The van der Waals surface area contributed by atoms with Gasteiger partial charge in [-0.25, -0.2) is 0 Å². The van der Waals surface area contributed by atoms with Crippen molar-refractivity contribution in [1.82, 2.24) is 14.8 Å². The molecule has 1 aliphatic heterocycles. The third-order valence-electron chi connectivity index (χ3n) is 3.57. The van der Waals surface area contributed by atoms with Crippen molar-refractivity contribution in [2.24, 2.45) is 0 Å². The molecule has 5 heteroatoms. The Morgan fingerprint density at radius 1 is 1.42 bits per heavy atom. The van der Waals surface area contributed by atoms with Crippen LogP contribution >= 0.6 is 15.9 Å². The number of amides is 1. The van der Waals surface area contributed by atoms with E-state index in [0.29, 0.717) is 0 Å². The number of likely N-dealkylation sites (tertiary alicyclic amines) is 1. The van der Waals surface area contributed by atoms with Crippen molar-refractivity contribution in [2.75, 3.05) is 26.2 Å². The molecule has 2 rings (SSSR count). The third kappa shape index (κ3) is 4.08. The van der Waals surface area contributed by atoms with E-state index in [0.717, 1.165) is 36.2 Å². The number of carbonyl (C=O) groups is 1. The molecule has 0 aromatic carbocycles. The van der Waals surface area contributed by atoms with Crippen molar-refractivity contribution in [3.05, 3.63) is 22.4 Å². The molecule has 0 saturated carbocycles. The van der Waals surface area contributed by atoms with Crippen molar-refractivity contribution >= 4 is 21.8 Å². The number of halogens is 1. The van der Waals surface area contributed by atoms with Gasteiger partial charge in [0.15, 0.2) is 0 Å². The Morgan fingerprint density at radius 2 is 2.16 bits per heavy atom. The van der Waals surface area contributed by atoms with E-state index in [1.54, 1.807) is 0 Å². The lowest BCUT2D eigenvalue weighted by Gasteiger charge is -2.14. The van der Waals surface area contributed by atoms with E-state index in [4.69, 9.17) is 0 Å². The summed E-state index contributed by atoms with van der Waals surface area (Å²) in [5.74, 6) is 0.0222. The lowest BCUT2D eigenvalue weighted by Crippen LogP contribution is -2.29. The van der Waals surface area contributed by atoms with Crippen LogP contribution in [0.1, 0.15) is 36.7 Å². The normalized spacial score (nSPS) is 15.9. The zero-order valence-electron chi connectivity index (χ0n) is 11.5. The maximum Gasteiger partial charge on any atom is 0.267 e. The van der Waals surface area contributed by atoms with Gasteiger partial charge < -0.3 is 14.8 Å². The maximum atomic E-state index is 12.1. The first-order valence-corrected chi connectivity index (χ1v) is 7.86. The summed E-state index contributed by atoms with van der Waals surface area (Å²) < 4.78 is 2.91. The van der Waals surface area contributed by atoms with E-state index < -0.39 is 0 Å². The van der Waals surface area contributed by atoms with Crippen molar-refractivity contribution in [1.29, 1.82) is 0 Å². The molecule has 1 N–H and O–H groups in total. The van der Waals surface area contributed by atoms with Gasteiger partial charge >= 0.3 is 0 Å². The molecule has 1 amide bonds. The zero-order chi connectivity index (χ0) is 13.7. The highest BCUT2D eigenvalue weighted by atomic mass is 79.9. The molecule has 4 nitrogen and oxygen atoms in total. The standard InChI is InChI=1S/C14H22BrN3O/c1-2-18-11-12(15)10-13(18)14(19)16-6-5-9-17-7-3-4-8-17/h10-11H,2-9H2,1H3,(H,16,19). The zero-order valence-corrected chi connectivity index (χ0v) is 13.1. The van der Waals surface area contributed by atoms with Crippen LogP contribution < -0.4 is 5.32 Å². The van der Waals surface area contributed by atoms with Crippen LogP contribution in [0.3, 0.4) is 0 Å². The average Bonchev–Trinajstić information content (AvgIpc) is 3.03. The van der Waals surface area contributed by atoms with Gasteiger partial charge in [0.25, 0.3) is 5.91 Å². The van der Waals surface area contributed by atoms with Crippen LogP contribution in [0.5, 0.6) is 0 Å². The fraction of sp³-hybridized carbons (Fsp3) is 0.643. The summed E-state index contributed by atoms with van der Waals surface area (Å²) in [6.07, 6.45) is 5.62. The summed E-state index contributed by atoms with van der Waals surface area (Å²) >= 11 is 3.41. The number of hydrogen-bond donors (Lipinski definition) is 1. The first kappa shape index (κ1) is 14.6. The second-order valence-electron chi connectivity index (χ2n) is 4.99. The van der Waals surface area contributed by atoms with Crippen LogP contribution in [0.4, 0.5) is 0 Å². The van der Waals surface area contributed by atoms with E-state index in [1.165, 1.54) is 25.9 Å². The number of carbonyl (C=O) groups excluding carboxylic acids is 1. The van der Waals surface area contributed by atoms with E-state index in [2.05, 4.69) is 26.1 Å². The highest BCUT2D eigenvalue weighted by molar-refractivity contribution is 9.10. The Kier molecular flexibility index (Phi) is 5.45.